The fourth-order valence-corrected chi connectivity index (χ4v) is 2.97. The van der Waals surface area contributed by atoms with Crippen LogP contribution in [-0.2, 0) is 28.4 Å². The first-order valence-corrected chi connectivity index (χ1v) is 8.30. The van der Waals surface area contributed by atoms with Crippen molar-refractivity contribution >= 4 is 21.6 Å². The highest BCUT2D eigenvalue weighted by Gasteiger charge is 2.14. The van der Waals surface area contributed by atoms with Gasteiger partial charge in [0.15, 0.2) is 0 Å². The Morgan fingerprint density at radius 1 is 1.17 bits per heavy atom. The van der Waals surface area contributed by atoms with Gasteiger partial charge >= 0.3 is 0 Å². The summed E-state index contributed by atoms with van der Waals surface area (Å²) >= 11 is 0. The number of carbonyl (C=O) groups excluding carboxylic acids is 1. The van der Waals surface area contributed by atoms with Gasteiger partial charge in [-0.1, -0.05) is 6.07 Å². The van der Waals surface area contributed by atoms with E-state index >= 15 is 0 Å². The predicted octanol–water partition coefficient (Wildman–Crippen LogP) is 0.822. The molecule has 0 aliphatic rings. The average molecular weight is 335 g/mol. The molecule has 122 valence electrons. The molecule has 2 aromatic rings. The van der Waals surface area contributed by atoms with E-state index < -0.39 is 10.0 Å². The molecule has 0 saturated heterocycles. The Kier molecular flexibility index (Phi) is 4.97. The molecule has 0 aliphatic carbocycles. The molecule has 0 aliphatic heterocycles. The van der Waals surface area contributed by atoms with Gasteiger partial charge in [-0.15, -0.1) is 0 Å². The molecule has 0 fully saturated rings. The zero-order valence-electron chi connectivity index (χ0n) is 12.7. The highest BCUT2D eigenvalue weighted by molar-refractivity contribution is 7.89. The molecule has 2 N–H and O–H groups in total. The summed E-state index contributed by atoms with van der Waals surface area (Å²) in [6, 6.07) is 9.01. The molecule has 7 nitrogen and oxygen atoms in total. The van der Waals surface area contributed by atoms with Gasteiger partial charge in [0.25, 0.3) is 5.56 Å². The van der Waals surface area contributed by atoms with Crippen LogP contribution in [0.25, 0.3) is 0 Å². The van der Waals surface area contributed by atoms with E-state index in [1.165, 1.54) is 35.8 Å². The van der Waals surface area contributed by atoms with Gasteiger partial charge in [0.1, 0.15) is 0 Å². The maximum Gasteiger partial charge on any atom is 0.254 e. The second kappa shape index (κ2) is 6.76. The number of sulfonamides is 1. The van der Waals surface area contributed by atoms with Gasteiger partial charge in [0, 0.05) is 38.0 Å². The maximum absolute atomic E-state index is 12.2. The highest BCUT2D eigenvalue weighted by atomic mass is 32.2. The molecule has 2 rings (SSSR count). The van der Waals surface area contributed by atoms with Crippen LogP contribution in [0.4, 0.5) is 5.69 Å². The lowest BCUT2D eigenvalue weighted by Crippen LogP contribution is -2.28. The number of rotatable bonds is 5. The van der Waals surface area contributed by atoms with E-state index in [1.54, 1.807) is 25.4 Å². The SMILES string of the molecule is CC(=O)Nc1ccc(S(=O)(=O)NCc2cccn(C)c2=O)cc1. The van der Waals surface area contributed by atoms with Crippen molar-refractivity contribution in [3.8, 4) is 0 Å². The minimum Gasteiger partial charge on any atom is -0.326 e. The Bertz CT molecular complexity index is 870. The minimum absolute atomic E-state index is 0.0550. The monoisotopic (exact) mass is 335 g/mol. The van der Waals surface area contributed by atoms with Crippen molar-refractivity contribution in [1.82, 2.24) is 9.29 Å². The summed E-state index contributed by atoms with van der Waals surface area (Å²) in [6.45, 7) is 1.27. The van der Waals surface area contributed by atoms with Crippen LogP contribution >= 0.6 is 0 Å². The molecule has 0 bridgehead atoms. The minimum atomic E-state index is -3.74. The van der Waals surface area contributed by atoms with Crippen molar-refractivity contribution in [1.29, 1.82) is 0 Å². The van der Waals surface area contributed by atoms with Gasteiger partial charge in [-0.25, -0.2) is 13.1 Å². The van der Waals surface area contributed by atoms with Crippen LogP contribution in [0.1, 0.15) is 12.5 Å². The second-order valence-corrected chi connectivity index (χ2v) is 6.75. The third-order valence-electron chi connectivity index (χ3n) is 3.14. The first kappa shape index (κ1) is 16.9. The smallest absolute Gasteiger partial charge is 0.254 e. The molecule has 0 atom stereocenters. The number of nitrogens with one attached hydrogen (secondary N) is 2. The van der Waals surface area contributed by atoms with E-state index in [9.17, 15) is 18.0 Å². The number of amides is 1. The molecule has 1 aromatic carbocycles. The normalized spacial score (nSPS) is 11.2. The van der Waals surface area contributed by atoms with Gasteiger partial charge < -0.3 is 9.88 Å². The summed E-state index contributed by atoms with van der Waals surface area (Å²) in [4.78, 5) is 22.9. The molecule has 23 heavy (non-hydrogen) atoms. The molecule has 1 aromatic heterocycles. The molecule has 8 heteroatoms. The number of aromatic nitrogens is 1. The Labute approximate surface area is 134 Å². The van der Waals surface area contributed by atoms with E-state index in [2.05, 4.69) is 10.0 Å². The van der Waals surface area contributed by atoms with E-state index in [0.29, 0.717) is 11.3 Å². The maximum atomic E-state index is 12.2. The molecular formula is C15H17N3O4S. The molecule has 0 spiro atoms. The molecule has 1 heterocycles. The lowest BCUT2D eigenvalue weighted by molar-refractivity contribution is -0.114. The number of pyridine rings is 1. The van der Waals surface area contributed by atoms with Crippen molar-refractivity contribution < 1.29 is 13.2 Å². The zero-order chi connectivity index (χ0) is 17.0. The topological polar surface area (TPSA) is 97.3 Å². The van der Waals surface area contributed by atoms with Crippen molar-refractivity contribution in [2.45, 2.75) is 18.4 Å². The van der Waals surface area contributed by atoms with Crippen molar-refractivity contribution in [3.63, 3.8) is 0 Å². The third kappa shape index (κ3) is 4.27. The van der Waals surface area contributed by atoms with Crippen molar-refractivity contribution in [2.24, 2.45) is 7.05 Å². The summed E-state index contributed by atoms with van der Waals surface area (Å²) in [7, 11) is -2.15. The van der Waals surface area contributed by atoms with E-state index in [-0.39, 0.29) is 22.9 Å². The van der Waals surface area contributed by atoms with Crippen LogP contribution in [-0.4, -0.2) is 18.9 Å². The van der Waals surface area contributed by atoms with Crippen LogP contribution in [0.2, 0.25) is 0 Å². The first-order chi connectivity index (χ1) is 10.8. The largest absolute Gasteiger partial charge is 0.326 e. The van der Waals surface area contributed by atoms with Crippen LogP contribution in [0.15, 0.2) is 52.3 Å². The summed E-state index contributed by atoms with van der Waals surface area (Å²) in [5.41, 5.74) is 0.609. The number of hydrogen-bond acceptors (Lipinski definition) is 4. The fraction of sp³-hybridized carbons (Fsp3) is 0.200. The van der Waals surface area contributed by atoms with Gasteiger partial charge in [0.2, 0.25) is 15.9 Å². The number of nitrogens with zero attached hydrogens (tertiary/aromatic N) is 1. The summed E-state index contributed by atoms with van der Waals surface area (Å²) in [6.07, 6.45) is 1.60. The fourth-order valence-electron chi connectivity index (χ4n) is 1.97. The molecule has 1 amide bonds. The predicted molar refractivity (Wildman–Crippen MR) is 86.5 cm³/mol. The Hall–Kier alpha value is -2.45. The highest BCUT2D eigenvalue weighted by Crippen LogP contribution is 2.14. The third-order valence-corrected chi connectivity index (χ3v) is 4.56. The molecule has 0 saturated carbocycles. The van der Waals surface area contributed by atoms with Gasteiger partial charge in [-0.05, 0) is 30.3 Å². The van der Waals surface area contributed by atoms with Crippen LogP contribution in [0.5, 0.6) is 0 Å². The number of benzene rings is 1. The van der Waals surface area contributed by atoms with Crippen LogP contribution in [0.3, 0.4) is 0 Å². The second-order valence-electron chi connectivity index (χ2n) is 4.98. The average Bonchev–Trinajstić information content (AvgIpc) is 2.49. The standard InChI is InChI=1S/C15H17N3O4S/c1-11(19)17-13-5-7-14(8-6-13)23(21,22)16-10-12-4-3-9-18(2)15(12)20/h3-9,16H,10H2,1-2H3,(H,17,19). The number of aryl methyl sites for hydroxylation is 1. The Morgan fingerprint density at radius 2 is 1.83 bits per heavy atom. The quantitative estimate of drug-likeness (QED) is 0.845. The molecule has 0 unspecified atom stereocenters. The lowest BCUT2D eigenvalue weighted by atomic mass is 10.3. The van der Waals surface area contributed by atoms with Gasteiger partial charge in [0.05, 0.1) is 4.90 Å². The number of anilines is 1. The molecular weight excluding hydrogens is 318 g/mol. The Morgan fingerprint density at radius 3 is 2.43 bits per heavy atom. The Balaban J connectivity index is 2.14. The molecule has 0 radical (unpaired) electrons. The number of hydrogen-bond donors (Lipinski definition) is 2. The van der Waals surface area contributed by atoms with Gasteiger partial charge in [-0.3, -0.25) is 9.59 Å². The summed E-state index contributed by atoms with van der Waals surface area (Å²) in [5.74, 6) is -0.237. The summed E-state index contributed by atoms with van der Waals surface area (Å²) < 4.78 is 28.2. The van der Waals surface area contributed by atoms with E-state index in [4.69, 9.17) is 0 Å². The van der Waals surface area contributed by atoms with E-state index in [1.807, 2.05) is 0 Å². The lowest BCUT2D eigenvalue weighted by Gasteiger charge is -2.08. The first-order valence-electron chi connectivity index (χ1n) is 6.81. The van der Waals surface area contributed by atoms with Crippen LogP contribution < -0.4 is 15.6 Å². The van der Waals surface area contributed by atoms with Crippen molar-refractivity contribution in [3.05, 3.63) is 58.5 Å². The van der Waals surface area contributed by atoms with Crippen molar-refractivity contribution in [2.75, 3.05) is 5.32 Å². The van der Waals surface area contributed by atoms with E-state index in [0.717, 1.165) is 0 Å². The zero-order valence-corrected chi connectivity index (χ0v) is 13.6. The summed E-state index contributed by atoms with van der Waals surface area (Å²) in [5, 5.41) is 2.56. The van der Waals surface area contributed by atoms with Crippen LogP contribution in [0, 0.1) is 0 Å². The number of carbonyl (C=O) groups is 1. The van der Waals surface area contributed by atoms with Gasteiger partial charge in [-0.2, -0.15) is 0 Å².